The molecule has 114 valence electrons. The lowest BCUT2D eigenvalue weighted by Crippen LogP contribution is -2.13. The SMILES string of the molecule is COc1ccc(NC(=O)c2cc([N+](=O)[O-])ccc2OC)cc1. The van der Waals surface area contributed by atoms with Crippen molar-refractivity contribution in [3.8, 4) is 11.5 Å². The number of nitrogens with one attached hydrogen (secondary N) is 1. The fourth-order valence-corrected chi connectivity index (χ4v) is 1.86. The van der Waals surface area contributed by atoms with Crippen LogP contribution in [0.1, 0.15) is 10.4 Å². The summed E-state index contributed by atoms with van der Waals surface area (Å²) in [7, 11) is 2.94. The van der Waals surface area contributed by atoms with E-state index >= 15 is 0 Å². The fraction of sp³-hybridized carbons (Fsp3) is 0.133. The predicted octanol–water partition coefficient (Wildman–Crippen LogP) is 2.86. The Morgan fingerprint density at radius 1 is 1.09 bits per heavy atom. The number of rotatable bonds is 5. The number of carbonyl (C=O) groups is 1. The standard InChI is InChI=1S/C15H14N2O5/c1-21-12-6-3-10(4-7-12)16-15(18)13-9-11(17(19)20)5-8-14(13)22-2/h3-9H,1-2H3,(H,16,18). The molecule has 2 aromatic rings. The van der Waals surface area contributed by atoms with Gasteiger partial charge in [-0.3, -0.25) is 14.9 Å². The van der Waals surface area contributed by atoms with Crippen molar-refractivity contribution in [2.24, 2.45) is 0 Å². The van der Waals surface area contributed by atoms with Crippen LogP contribution in [0, 0.1) is 10.1 Å². The number of carbonyl (C=O) groups excluding carboxylic acids is 1. The predicted molar refractivity (Wildman–Crippen MR) is 80.6 cm³/mol. The average molecular weight is 302 g/mol. The number of hydrogen-bond donors (Lipinski definition) is 1. The van der Waals surface area contributed by atoms with Crippen LogP contribution < -0.4 is 14.8 Å². The number of nitro benzene ring substituents is 1. The van der Waals surface area contributed by atoms with E-state index in [4.69, 9.17) is 9.47 Å². The summed E-state index contributed by atoms with van der Waals surface area (Å²) in [5.41, 5.74) is 0.451. The molecular formula is C15H14N2O5. The maximum Gasteiger partial charge on any atom is 0.270 e. The zero-order chi connectivity index (χ0) is 16.1. The van der Waals surface area contributed by atoms with E-state index in [1.165, 1.54) is 25.3 Å². The lowest BCUT2D eigenvalue weighted by molar-refractivity contribution is -0.384. The first-order valence-corrected chi connectivity index (χ1v) is 6.33. The second-order valence-corrected chi connectivity index (χ2v) is 4.32. The van der Waals surface area contributed by atoms with Crippen LogP contribution in [-0.2, 0) is 0 Å². The molecule has 0 atom stereocenters. The van der Waals surface area contributed by atoms with Gasteiger partial charge in [0, 0.05) is 17.8 Å². The molecule has 1 amide bonds. The van der Waals surface area contributed by atoms with Gasteiger partial charge in [-0.05, 0) is 30.3 Å². The Hall–Kier alpha value is -3.09. The second-order valence-electron chi connectivity index (χ2n) is 4.32. The third-order valence-electron chi connectivity index (χ3n) is 2.99. The van der Waals surface area contributed by atoms with E-state index in [1.807, 2.05) is 0 Å². The summed E-state index contributed by atoms with van der Waals surface area (Å²) in [6.45, 7) is 0. The van der Waals surface area contributed by atoms with Crippen LogP contribution >= 0.6 is 0 Å². The number of anilines is 1. The minimum absolute atomic E-state index is 0.0903. The normalized spacial score (nSPS) is 9.91. The molecule has 22 heavy (non-hydrogen) atoms. The number of nitro groups is 1. The van der Waals surface area contributed by atoms with Crippen molar-refractivity contribution in [1.82, 2.24) is 0 Å². The molecule has 0 unspecified atom stereocenters. The van der Waals surface area contributed by atoms with Gasteiger partial charge in [-0.1, -0.05) is 0 Å². The van der Waals surface area contributed by atoms with Crippen LogP contribution in [0.2, 0.25) is 0 Å². The number of methoxy groups -OCH3 is 2. The van der Waals surface area contributed by atoms with Gasteiger partial charge < -0.3 is 14.8 Å². The topological polar surface area (TPSA) is 90.7 Å². The Balaban J connectivity index is 2.27. The van der Waals surface area contributed by atoms with Crippen LogP contribution in [0.3, 0.4) is 0 Å². The van der Waals surface area contributed by atoms with E-state index in [2.05, 4.69) is 5.32 Å². The quantitative estimate of drug-likeness (QED) is 0.677. The van der Waals surface area contributed by atoms with Crippen molar-refractivity contribution < 1.29 is 19.2 Å². The third kappa shape index (κ3) is 3.32. The molecular weight excluding hydrogens is 288 g/mol. The van der Waals surface area contributed by atoms with Gasteiger partial charge in [0.2, 0.25) is 0 Å². The van der Waals surface area contributed by atoms with E-state index in [0.29, 0.717) is 11.4 Å². The molecule has 2 aromatic carbocycles. The summed E-state index contributed by atoms with van der Waals surface area (Å²) in [6, 6.07) is 10.6. The first-order chi connectivity index (χ1) is 10.5. The maximum absolute atomic E-state index is 12.3. The Kier molecular flexibility index (Phi) is 4.57. The van der Waals surface area contributed by atoms with E-state index in [9.17, 15) is 14.9 Å². The first-order valence-electron chi connectivity index (χ1n) is 6.33. The first kappa shape index (κ1) is 15.3. The Bertz CT molecular complexity index is 698. The average Bonchev–Trinajstić information content (AvgIpc) is 2.54. The molecule has 0 aliphatic rings. The molecule has 7 heteroatoms. The van der Waals surface area contributed by atoms with Crippen LogP contribution in [0.15, 0.2) is 42.5 Å². The molecule has 0 bridgehead atoms. The van der Waals surface area contributed by atoms with Gasteiger partial charge in [-0.2, -0.15) is 0 Å². The smallest absolute Gasteiger partial charge is 0.270 e. The molecule has 0 saturated carbocycles. The molecule has 0 radical (unpaired) electrons. The minimum Gasteiger partial charge on any atom is -0.497 e. The second kappa shape index (κ2) is 6.57. The van der Waals surface area contributed by atoms with Crippen molar-refractivity contribution in [2.75, 3.05) is 19.5 Å². The molecule has 1 N–H and O–H groups in total. The zero-order valence-corrected chi connectivity index (χ0v) is 12.0. The fourth-order valence-electron chi connectivity index (χ4n) is 1.86. The van der Waals surface area contributed by atoms with Crippen LogP contribution in [-0.4, -0.2) is 25.1 Å². The van der Waals surface area contributed by atoms with Crippen LogP contribution in [0.25, 0.3) is 0 Å². The number of non-ortho nitro benzene ring substituents is 1. The monoisotopic (exact) mass is 302 g/mol. The van der Waals surface area contributed by atoms with Gasteiger partial charge in [0.25, 0.3) is 11.6 Å². The molecule has 0 heterocycles. The van der Waals surface area contributed by atoms with Crippen LogP contribution in [0.4, 0.5) is 11.4 Å². The summed E-state index contributed by atoms with van der Waals surface area (Å²) >= 11 is 0. The van der Waals surface area contributed by atoms with Crippen molar-refractivity contribution in [3.05, 3.63) is 58.1 Å². The van der Waals surface area contributed by atoms with E-state index < -0.39 is 10.8 Å². The van der Waals surface area contributed by atoms with Crippen LogP contribution in [0.5, 0.6) is 11.5 Å². The van der Waals surface area contributed by atoms with Crippen molar-refractivity contribution in [1.29, 1.82) is 0 Å². The molecule has 2 rings (SSSR count). The molecule has 0 spiro atoms. The maximum atomic E-state index is 12.3. The molecule has 0 saturated heterocycles. The molecule has 0 aliphatic heterocycles. The van der Waals surface area contributed by atoms with Gasteiger partial charge in [-0.25, -0.2) is 0 Å². The van der Waals surface area contributed by atoms with Crippen molar-refractivity contribution in [3.63, 3.8) is 0 Å². The van der Waals surface area contributed by atoms with Gasteiger partial charge in [0.1, 0.15) is 11.5 Å². The number of nitrogens with zero attached hydrogens (tertiary/aromatic N) is 1. The van der Waals surface area contributed by atoms with Gasteiger partial charge in [0.15, 0.2) is 0 Å². The van der Waals surface area contributed by atoms with Gasteiger partial charge in [-0.15, -0.1) is 0 Å². The highest BCUT2D eigenvalue weighted by molar-refractivity contribution is 6.06. The zero-order valence-electron chi connectivity index (χ0n) is 12.0. The Morgan fingerprint density at radius 3 is 2.32 bits per heavy atom. The number of ether oxygens (including phenoxy) is 2. The molecule has 0 fully saturated rings. The Labute approximate surface area is 126 Å². The number of benzene rings is 2. The third-order valence-corrected chi connectivity index (χ3v) is 2.99. The number of amides is 1. The van der Waals surface area contributed by atoms with Gasteiger partial charge in [0.05, 0.1) is 24.7 Å². The summed E-state index contributed by atoms with van der Waals surface area (Å²) in [6.07, 6.45) is 0. The largest absolute Gasteiger partial charge is 0.497 e. The van der Waals surface area contributed by atoms with E-state index in [-0.39, 0.29) is 17.0 Å². The van der Waals surface area contributed by atoms with E-state index in [1.54, 1.807) is 31.4 Å². The Morgan fingerprint density at radius 2 is 1.77 bits per heavy atom. The summed E-state index contributed by atoms with van der Waals surface area (Å²) in [4.78, 5) is 22.5. The highest BCUT2D eigenvalue weighted by atomic mass is 16.6. The lowest BCUT2D eigenvalue weighted by Gasteiger charge is -2.09. The highest BCUT2D eigenvalue weighted by Gasteiger charge is 2.17. The molecule has 0 aromatic heterocycles. The van der Waals surface area contributed by atoms with E-state index in [0.717, 1.165) is 0 Å². The highest BCUT2D eigenvalue weighted by Crippen LogP contribution is 2.25. The number of hydrogen-bond acceptors (Lipinski definition) is 5. The summed E-state index contributed by atoms with van der Waals surface area (Å²) in [5, 5.41) is 13.5. The molecule has 0 aliphatic carbocycles. The lowest BCUT2D eigenvalue weighted by atomic mass is 10.1. The minimum atomic E-state index is -0.566. The summed E-state index contributed by atoms with van der Waals surface area (Å²) in [5.74, 6) is 0.424. The van der Waals surface area contributed by atoms with Crippen molar-refractivity contribution >= 4 is 17.3 Å². The van der Waals surface area contributed by atoms with Crippen molar-refractivity contribution in [2.45, 2.75) is 0 Å². The summed E-state index contributed by atoms with van der Waals surface area (Å²) < 4.78 is 10.1. The molecule has 7 nitrogen and oxygen atoms in total. The van der Waals surface area contributed by atoms with Gasteiger partial charge >= 0.3 is 0 Å².